The Kier molecular flexibility index (Phi) is 5.23. The number of carbonyl (C=O) groups excluding carboxylic acids is 1. The van der Waals surface area contributed by atoms with Gasteiger partial charge in [-0.25, -0.2) is 4.98 Å². The van der Waals surface area contributed by atoms with Gasteiger partial charge in [-0.1, -0.05) is 30.3 Å². The Morgan fingerprint density at radius 3 is 2.62 bits per heavy atom. The third-order valence-corrected chi connectivity index (χ3v) is 4.33. The molecule has 2 heterocycles. The maximum atomic E-state index is 12.7. The lowest BCUT2D eigenvalue weighted by atomic mass is 10.2. The van der Waals surface area contributed by atoms with E-state index >= 15 is 0 Å². The van der Waals surface area contributed by atoms with Crippen LogP contribution in [0.15, 0.2) is 66.0 Å². The van der Waals surface area contributed by atoms with Crippen LogP contribution in [-0.4, -0.2) is 17.5 Å². The molecule has 3 aromatic rings. The van der Waals surface area contributed by atoms with Gasteiger partial charge in [-0.3, -0.25) is 4.79 Å². The maximum Gasteiger partial charge on any atom is 0.265 e. The van der Waals surface area contributed by atoms with Crippen molar-refractivity contribution in [3.8, 4) is 5.88 Å². The average Bonchev–Trinajstić information content (AvgIpc) is 3.12. The lowest BCUT2D eigenvalue weighted by molar-refractivity contribution is -0.120. The summed E-state index contributed by atoms with van der Waals surface area (Å²) in [7, 11) is 0. The van der Waals surface area contributed by atoms with Crippen molar-refractivity contribution in [2.75, 3.05) is 11.5 Å². The number of hydrogen-bond donors (Lipinski definition) is 0. The topological polar surface area (TPSA) is 42.4 Å². The van der Waals surface area contributed by atoms with Gasteiger partial charge in [0.1, 0.15) is 0 Å². The van der Waals surface area contributed by atoms with Gasteiger partial charge in [0.15, 0.2) is 6.61 Å². The van der Waals surface area contributed by atoms with Crippen LogP contribution >= 0.6 is 11.3 Å². The van der Waals surface area contributed by atoms with Crippen LogP contribution in [0, 0.1) is 6.92 Å². The first-order chi connectivity index (χ1) is 11.7. The molecule has 0 radical (unpaired) electrons. The molecule has 0 N–H and O–H groups in total. The Hall–Kier alpha value is -2.66. The predicted molar refractivity (Wildman–Crippen MR) is 96.4 cm³/mol. The quantitative estimate of drug-likeness (QED) is 0.680. The molecular weight excluding hydrogens is 320 g/mol. The summed E-state index contributed by atoms with van der Waals surface area (Å²) < 4.78 is 5.57. The third-order valence-electron chi connectivity index (χ3n) is 3.47. The van der Waals surface area contributed by atoms with Gasteiger partial charge in [0, 0.05) is 22.3 Å². The van der Waals surface area contributed by atoms with Crippen molar-refractivity contribution >= 4 is 22.9 Å². The van der Waals surface area contributed by atoms with Crippen molar-refractivity contribution in [2.45, 2.75) is 13.5 Å². The maximum absolute atomic E-state index is 12.7. The van der Waals surface area contributed by atoms with E-state index in [1.54, 1.807) is 22.3 Å². The van der Waals surface area contributed by atoms with Crippen LogP contribution in [-0.2, 0) is 11.3 Å². The highest BCUT2D eigenvalue weighted by Crippen LogP contribution is 2.20. The van der Waals surface area contributed by atoms with Crippen LogP contribution < -0.4 is 9.64 Å². The van der Waals surface area contributed by atoms with Gasteiger partial charge in [-0.2, -0.15) is 0 Å². The van der Waals surface area contributed by atoms with Crippen LogP contribution in [0.3, 0.4) is 0 Å². The summed E-state index contributed by atoms with van der Waals surface area (Å²) in [6, 6.07) is 19.2. The number of aryl methyl sites for hydroxylation is 1. The second-order valence-electron chi connectivity index (χ2n) is 5.30. The third kappa shape index (κ3) is 4.20. The van der Waals surface area contributed by atoms with Gasteiger partial charge in [-0.05, 0) is 36.6 Å². The number of benzene rings is 1. The second kappa shape index (κ2) is 7.75. The molecule has 1 amide bonds. The highest BCUT2D eigenvalue weighted by Gasteiger charge is 2.17. The molecule has 0 aliphatic heterocycles. The van der Waals surface area contributed by atoms with Crippen molar-refractivity contribution in [3.63, 3.8) is 0 Å². The summed E-state index contributed by atoms with van der Waals surface area (Å²) >= 11 is 1.63. The van der Waals surface area contributed by atoms with Crippen molar-refractivity contribution in [1.82, 2.24) is 4.98 Å². The van der Waals surface area contributed by atoms with E-state index in [9.17, 15) is 4.79 Å². The van der Waals surface area contributed by atoms with Crippen LogP contribution in [0.5, 0.6) is 5.88 Å². The molecule has 1 aromatic carbocycles. The molecule has 0 aliphatic carbocycles. The number of thiophene rings is 1. The summed E-state index contributed by atoms with van der Waals surface area (Å²) in [5.74, 6) is 0.366. The number of pyridine rings is 1. The molecule has 2 aromatic heterocycles. The second-order valence-corrected chi connectivity index (χ2v) is 6.33. The van der Waals surface area contributed by atoms with Gasteiger partial charge in [0.2, 0.25) is 5.88 Å². The predicted octanol–water partition coefficient (Wildman–Crippen LogP) is 4.06. The van der Waals surface area contributed by atoms with E-state index in [0.717, 1.165) is 16.3 Å². The van der Waals surface area contributed by atoms with Crippen molar-refractivity contribution in [3.05, 3.63) is 76.6 Å². The standard InChI is InChI=1S/C19H18N2O2S/c1-15-7-5-11-18(20-15)23-14-19(22)21(13-17-10-6-12-24-17)16-8-3-2-4-9-16/h2-12H,13-14H2,1H3. The fourth-order valence-electron chi connectivity index (χ4n) is 2.30. The number of rotatable bonds is 6. The van der Waals surface area contributed by atoms with E-state index in [1.807, 2.05) is 66.9 Å². The zero-order valence-corrected chi connectivity index (χ0v) is 14.2. The van der Waals surface area contributed by atoms with E-state index in [0.29, 0.717) is 12.4 Å². The zero-order valence-electron chi connectivity index (χ0n) is 13.4. The monoisotopic (exact) mass is 338 g/mol. The van der Waals surface area contributed by atoms with Gasteiger partial charge >= 0.3 is 0 Å². The minimum atomic E-state index is -0.0992. The normalized spacial score (nSPS) is 10.4. The molecule has 4 nitrogen and oxygen atoms in total. The van der Waals surface area contributed by atoms with Crippen LogP contribution in [0.4, 0.5) is 5.69 Å². The van der Waals surface area contributed by atoms with Crippen LogP contribution in [0.2, 0.25) is 0 Å². The molecule has 3 rings (SSSR count). The average molecular weight is 338 g/mol. The number of carbonyl (C=O) groups is 1. The lowest BCUT2D eigenvalue weighted by Crippen LogP contribution is -2.34. The molecule has 0 saturated heterocycles. The summed E-state index contributed by atoms with van der Waals surface area (Å²) in [4.78, 5) is 19.8. The Balaban J connectivity index is 1.73. The van der Waals surface area contributed by atoms with Crippen molar-refractivity contribution < 1.29 is 9.53 Å². The smallest absolute Gasteiger partial charge is 0.265 e. The summed E-state index contributed by atoms with van der Waals surface area (Å²) in [5, 5.41) is 2.01. The number of aromatic nitrogens is 1. The Bertz CT molecular complexity index is 788. The number of ether oxygens (including phenoxy) is 1. The van der Waals surface area contributed by atoms with E-state index in [4.69, 9.17) is 4.74 Å². The number of para-hydroxylation sites is 1. The molecule has 0 unspecified atom stereocenters. The molecular formula is C19H18N2O2S. The fourth-order valence-corrected chi connectivity index (χ4v) is 2.99. The first-order valence-corrected chi connectivity index (χ1v) is 8.54. The SMILES string of the molecule is Cc1cccc(OCC(=O)N(Cc2cccs2)c2ccccc2)n1. The largest absolute Gasteiger partial charge is 0.468 e. The summed E-state index contributed by atoms with van der Waals surface area (Å²) in [6.45, 7) is 2.38. The molecule has 0 aliphatic rings. The summed E-state index contributed by atoms with van der Waals surface area (Å²) in [5.41, 5.74) is 1.72. The Morgan fingerprint density at radius 2 is 1.92 bits per heavy atom. The molecule has 0 atom stereocenters. The van der Waals surface area contributed by atoms with E-state index in [1.165, 1.54) is 0 Å². The van der Waals surface area contributed by atoms with Gasteiger partial charge in [-0.15, -0.1) is 11.3 Å². The minimum absolute atomic E-state index is 0.0449. The lowest BCUT2D eigenvalue weighted by Gasteiger charge is -2.22. The fraction of sp³-hybridized carbons (Fsp3) is 0.158. The van der Waals surface area contributed by atoms with Crippen molar-refractivity contribution in [1.29, 1.82) is 0 Å². The molecule has 0 fully saturated rings. The minimum Gasteiger partial charge on any atom is -0.468 e. The Labute approximate surface area is 145 Å². The zero-order chi connectivity index (χ0) is 16.8. The van der Waals surface area contributed by atoms with Crippen LogP contribution in [0.25, 0.3) is 0 Å². The molecule has 0 bridgehead atoms. The molecule has 0 spiro atoms. The first kappa shape index (κ1) is 16.2. The number of nitrogens with zero attached hydrogens (tertiary/aromatic N) is 2. The molecule has 24 heavy (non-hydrogen) atoms. The molecule has 0 saturated carbocycles. The van der Waals surface area contributed by atoms with Gasteiger partial charge in [0.05, 0.1) is 6.54 Å². The van der Waals surface area contributed by atoms with E-state index in [2.05, 4.69) is 4.98 Å². The van der Waals surface area contributed by atoms with Gasteiger partial charge in [0.25, 0.3) is 5.91 Å². The first-order valence-electron chi connectivity index (χ1n) is 7.66. The van der Waals surface area contributed by atoms with Crippen LogP contribution in [0.1, 0.15) is 10.6 Å². The summed E-state index contributed by atoms with van der Waals surface area (Å²) in [6.07, 6.45) is 0. The van der Waals surface area contributed by atoms with Crippen molar-refractivity contribution in [2.24, 2.45) is 0 Å². The highest BCUT2D eigenvalue weighted by molar-refractivity contribution is 7.09. The molecule has 122 valence electrons. The van der Waals surface area contributed by atoms with E-state index < -0.39 is 0 Å². The highest BCUT2D eigenvalue weighted by atomic mass is 32.1. The number of amides is 1. The molecule has 5 heteroatoms. The van der Waals surface area contributed by atoms with Gasteiger partial charge < -0.3 is 9.64 Å². The Morgan fingerprint density at radius 1 is 1.08 bits per heavy atom. The van der Waals surface area contributed by atoms with E-state index in [-0.39, 0.29) is 12.5 Å². The number of hydrogen-bond acceptors (Lipinski definition) is 4. The number of anilines is 1.